The fourth-order valence-corrected chi connectivity index (χ4v) is 4.25. The van der Waals surface area contributed by atoms with Crippen molar-refractivity contribution >= 4 is 72.5 Å². The van der Waals surface area contributed by atoms with Crippen LogP contribution in [-0.2, 0) is 4.79 Å². The lowest BCUT2D eigenvalue weighted by Gasteiger charge is -2.07. The van der Waals surface area contributed by atoms with Crippen molar-refractivity contribution in [3.8, 4) is 0 Å². The molecule has 0 spiro atoms. The minimum atomic E-state index is -0.949. The number of hydrogen-bond donors (Lipinski definition) is 2. The highest BCUT2D eigenvalue weighted by atomic mass is 79.9. The van der Waals surface area contributed by atoms with E-state index in [4.69, 9.17) is 5.11 Å². The molecule has 8 heteroatoms. The van der Waals surface area contributed by atoms with E-state index in [1.807, 2.05) is 12.1 Å². The monoisotopic (exact) mass is 449 g/mol. The Morgan fingerprint density at radius 1 is 1.29 bits per heavy atom. The number of carbonyl (C=O) groups is 2. The third kappa shape index (κ3) is 4.84. The van der Waals surface area contributed by atoms with Crippen LogP contribution < -0.4 is 5.32 Å². The molecule has 1 amide bonds. The molecule has 1 aromatic carbocycles. The van der Waals surface area contributed by atoms with Gasteiger partial charge in [0.05, 0.1) is 11.4 Å². The first-order valence-electron chi connectivity index (χ1n) is 5.65. The van der Waals surface area contributed by atoms with Crippen LogP contribution in [0.5, 0.6) is 0 Å². The molecule has 21 heavy (non-hydrogen) atoms. The Labute approximate surface area is 146 Å². The second-order valence-corrected chi connectivity index (χ2v) is 7.64. The Morgan fingerprint density at radius 3 is 2.67 bits per heavy atom. The molecule has 0 aliphatic heterocycles. The zero-order valence-corrected chi connectivity index (χ0v) is 15.2. The third-order valence-corrected chi connectivity index (χ3v) is 5.55. The molecular weight excluding hydrogens is 442 g/mol. The highest BCUT2D eigenvalue weighted by Crippen LogP contribution is 2.28. The number of halogens is 2. The van der Waals surface area contributed by atoms with Crippen LogP contribution in [-0.4, -0.2) is 22.7 Å². The molecule has 2 aromatic rings. The van der Waals surface area contributed by atoms with Crippen molar-refractivity contribution in [2.75, 3.05) is 11.1 Å². The minimum absolute atomic E-state index is 0.147. The predicted molar refractivity (Wildman–Crippen MR) is 92.5 cm³/mol. The van der Waals surface area contributed by atoms with Crippen LogP contribution in [0.15, 0.2) is 43.5 Å². The largest absolute Gasteiger partial charge is 0.477 e. The van der Waals surface area contributed by atoms with E-state index in [1.54, 1.807) is 17.5 Å². The third-order valence-electron chi connectivity index (χ3n) is 2.36. The Morgan fingerprint density at radius 2 is 2.05 bits per heavy atom. The lowest BCUT2D eigenvalue weighted by atomic mass is 10.3. The average molecular weight is 451 g/mol. The van der Waals surface area contributed by atoms with E-state index in [2.05, 4.69) is 37.2 Å². The average Bonchev–Trinajstić information content (AvgIpc) is 2.89. The maximum atomic E-state index is 11.9. The Kier molecular flexibility index (Phi) is 5.86. The van der Waals surface area contributed by atoms with Gasteiger partial charge in [-0.3, -0.25) is 4.79 Å². The number of anilines is 1. The van der Waals surface area contributed by atoms with E-state index in [1.165, 1.54) is 11.8 Å². The summed E-state index contributed by atoms with van der Waals surface area (Å²) in [5.41, 5.74) is 0.695. The van der Waals surface area contributed by atoms with Gasteiger partial charge >= 0.3 is 5.97 Å². The fraction of sp³-hybridized carbons (Fsp3) is 0.0769. The lowest BCUT2D eigenvalue weighted by molar-refractivity contribution is -0.113. The zero-order chi connectivity index (χ0) is 15.4. The molecule has 0 atom stereocenters. The van der Waals surface area contributed by atoms with Crippen molar-refractivity contribution in [1.82, 2.24) is 0 Å². The highest BCUT2D eigenvalue weighted by Gasteiger charge is 2.10. The SMILES string of the molecule is O=C(CSc1csc(C(=O)O)c1)Nc1ccc(Br)cc1Br. The minimum Gasteiger partial charge on any atom is -0.477 e. The highest BCUT2D eigenvalue weighted by molar-refractivity contribution is 9.11. The van der Waals surface area contributed by atoms with Gasteiger partial charge in [0.2, 0.25) is 5.91 Å². The fourth-order valence-electron chi connectivity index (χ4n) is 1.43. The van der Waals surface area contributed by atoms with Gasteiger partial charge in [-0.1, -0.05) is 15.9 Å². The summed E-state index contributed by atoms with van der Waals surface area (Å²) in [7, 11) is 0. The number of carboxylic acids is 1. The van der Waals surface area contributed by atoms with Gasteiger partial charge in [0, 0.05) is 19.2 Å². The van der Waals surface area contributed by atoms with Gasteiger partial charge in [0.25, 0.3) is 0 Å². The zero-order valence-electron chi connectivity index (χ0n) is 10.4. The molecule has 4 nitrogen and oxygen atoms in total. The second-order valence-electron chi connectivity index (χ2n) is 3.91. The first-order chi connectivity index (χ1) is 9.95. The predicted octanol–water partition coefficient (Wildman–Crippen LogP) is 4.70. The van der Waals surface area contributed by atoms with Crippen LogP contribution in [0.2, 0.25) is 0 Å². The Hall–Kier alpha value is -0.830. The number of thioether (sulfide) groups is 1. The van der Waals surface area contributed by atoms with Gasteiger partial charge in [0.15, 0.2) is 0 Å². The molecule has 0 aliphatic carbocycles. The molecule has 1 heterocycles. The molecule has 0 bridgehead atoms. The number of carboxylic acid groups (broad SMARTS) is 1. The van der Waals surface area contributed by atoms with Crippen LogP contribution in [0.3, 0.4) is 0 Å². The van der Waals surface area contributed by atoms with Crippen molar-refractivity contribution in [2.45, 2.75) is 4.90 Å². The van der Waals surface area contributed by atoms with Gasteiger partial charge < -0.3 is 10.4 Å². The van der Waals surface area contributed by atoms with E-state index in [0.717, 1.165) is 25.2 Å². The van der Waals surface area contributed by atoms with Gasteiger partial charge in [-0.25, -0.2) is 4.79 Å². The van der Waals surface area contributed by atoms with Crippen LogP contribution in [0.1, 0.15) is 9.67 Å². The number of benzene rings is 1. The van der Waals surface area contributed by atoms with E-state index >= 15 is 0 Å². The number of carbonyl (C=O) groups excluding carboxylic acids is 1. The molecule has 0 radical (unpaired) electrons. The number of hydrogen-bond acceptors (Lipinski definition) is 4. The molecule has 0 saturated carbocycles. The Bertz CT molecular complexity index is 688. The summed E-state index contributed by atoms with van der Waals surface area (Å²) in [5.74, 6) is -0.876. The van der Waals surface area contributed by atoms with Crippen molar-refractivity contribution in [1.29, 1.82) is 0 Å². The molecule has 0 aliphatic rings. The number of aromatic carboxylic acids is 1. The van der Waals surface area contributed by atoms with E-state index < -0.39 is 5.97 Å². The molecule has 110 valence electrons. The summed E-state index contributed by atoms with van der Waals surface area (Å²) >= 11 is 9.18. The van der Waals surface area contributed by atoms with E-state index in [0.29, 0.717) is 5.69 Å². The first kappa shape index (κ1) is 16.5. The van der Waals surface area contributed by atoms with Crippen molar-refractivity contribution in [2.24, 2.45) is 0 Å². The van der Waals surface area contributed by atoms with Gasteiger partial charge in [0.1, 0.15) is 4.88 Å². The number of amides is 1. The van der Waals surface area contributed by atoms with Crippen LogP contribution >= 0.6 is 55.0 Å². The summed E-state index contributed by atoms with van der Waals surface area (Å²) in [6.45, 7) is 0. The lowest BCUT2D eigenvalue weighted by Crippen LogP contribution is -2.14. The van der Waals surface area contributed by atoms with Crippen molar-refractivity contribution < 1.29 is 14.7 Å². The summed E-state index contributed by atoms with van der Waals surface area (Å²) in [6, 6.07) is 7.05. The standard InChI is InChI=1S/C13H9Br2NO3S2/c14-7-1-2-10(9(15)3-7)16-12(17)6-20-8-4-11(13(18)19)21-5-8/h1-5H,6H2,(H,16,17)(H,18,19). The quantitative estimate of drug-likeness (QED) is 0.647. The number of thiophene rings is 1. The maximum Gasteiger partial charge on any atom is 0.345 e. The number of rotatable bonds is 5. The van der Waals surface area contributed by atoms with E-state index in [9.17, 15) is 9.59 Å². The Balaban J connectivity index is 1.91. The van der Waals surface area contributed by atoms with Gasteiger partial charge in [-0.05, 0) is 40.2 Å². The molecular formula is C13H9Br2NO3S2. The molecule has 0 saturated heterocycles. The van der Waals surface area contributed by atoms with E-state index in [-0.39, 0.29) is 16.5 Å². The number of nitrogens with one attached hydrogen (secondary N) is 1. The second kappa shape index (κ2) is 7.44. The van der Waals surface area contributed by atoms with Gasteiger partial charge in [-0.2, -0.15) is 0 Å². The molecule has 1 aromatic heterocycles. The summed E-state index contributed by atoms with van der Waals surface area (Å²) < 4.78 is 1.71. The van der Waals surface area contributed by atoms with Crippen LogP contribution in [0.25, 0.3) is 0 Å². The van der Waals surface area contributed by atoms with Gasteiger partial charge in [-0.15, -0.1) is 23.1 Å². The summed E-state index contributed by atoms with van der Waals surface area (Å²) in [4.78, 5) is 23.7. The molecule has 0 fully saturated rings. The summed E-state index contributed by atoms with van der Waals surface area (Å²) in [6.07, 6.45) is 0. The normalized spacial score (nSPS) is 10.4. The molecule has 0 unspecified atom stereocenters. The van der Waals surface area contributed by atoms with Crippen LogP contribution in [0.4, 0.5) is 5.69 Å². The maximum absolute atomic E-state index is 11.9. The van der Waals surface area contributed by atoms with Crippen LogP contribution in [0, 0.1) is 0 Å². The van der Waals surface area contributed by atoms with Crippen molar-refractivity contribution in [3.63, 3.8) is 0 Å². The van der Waals surface area contributed by atoms with Crippen molar-refractivity contribution in [3.05, 3.63) is 43.5 Å². The molecule has 2 rings (SSSR count). The molecule has 2 N–H and O–H groups in total. The first-order valence-corrected chi connectivity index (χ1v) is 9.10. The smallest absolute Gasteiger partial charge is 0.345 e. The summed E-state index contributed by atoms with van der Waals surface area (Å²) in [5, 5.41) is 13.4. The topological polar surface area (TPSA) is 66.4 Å².